The Kier molecular flexibility index (Phi) is 7.10. The van der Waals surface area contributed by atoms with Crippen molar-refractivity contribution in [3.8, 4) is 28.3 Å². The van der Waals surface area contributed by atoms with Gasteiger partial charge in [-0.1, -0.05) is 127 Å². The molecule has 0 saturated heterocycles. The summed E-state index contributed by atoms with van der Waals surface area (Å²) in [7, 11) is 0. The highest BCUT2D eigenvalue weighted by molar-refractivity contribution is 6.23. The van der Waals surface area contributed by atoms with Crippen molar-refractivity contribution in [3.63, 3.8) is 0 Å². The van der Waals surface area contributed by atoms with Gasteiger partial charge in [0.05, 0.1) is 22.2 Å². The number of para-hydroxylation sites is 5. The van der Waals surface area contributed by atoms with Crippen LogP contribution in [0.25, 0.3) is 71.8 Å². The minimum absolute atomic E-state index is 0.922. The van der Waals surface area contributed by atoms with Gasteiger partial charge in [-0.15, -0.1) is 0 Å². The lowest BCUT2D eigenvalue weighted by atomic mass is 9.94. The molecule has 0 amide bonds. The molecule has 4 heteroatoms. The molecule has 0 aliphatic carbocycles. The van der Waals surface area contributed by atoms with Gasteiger partial charge in [-0.25, -0.2) is 9.97 Å². The van der Waals surface area contributed by atoms with Crippen LogP contribution < -0.4 is 4.90 Å². The van der Waals surface area contributed by atoms with Crippen molar-refractivity contribution in [3.05, 3.63) is 194 Å². The molecule has 0 saturated carbocycles. The van der Waals surface area contributed by atoms with Gasteiger partial charge in [0.15, 0.2) is 0 Å². The third kappa shape index (κ3) is 5.00. The van der Waals surface area contributed by atoms with E-state index < -0.39 is 0 Å². The number of pyridine rings is 1. The van der Waals surface area contributed by atoms with Gasteiger partial charge in [-0.05, 0) is 77.5 Å². The number of hydrogen-bond acceptors (Lipinski definition) is 3. The zero-order valence-corrected chi connectivity index (χ0v) is 28.3. The lowest BCUT2D eigenvalue weighted by molar-refractivity contribution is 1.10. The molecule has 0 N–H and O–H groups in total. The van der Waals surface area contributed by atoms with Crippen LogP contribution in [0.2, 0.25) is 0 Å². The predicted molar refractivity (Wildman–Crippen MR) is 217 cm³/mol. The summed E-state index contributed by atoms with van der Waals surface area (Å²) in [5.74, 6) is 0.922. The van der Waals surface area contributed by atoms with E-state index in [4.69, 9.17) is 9.97 Å². The number of fused-ring (bicyclic) bond motifs is 6. The smallest absolute Gasteiger partial charge is 0.145 e. The molecule has 10 rings (SSSR count). The largest absolute Gasteiger partial charge is 0.310 e. The molecule has 244 valence electrons. The Balaban J connectivity index is 1.21. The van der Waals surface area contributed by atoms with Gasteiger partial charge in [-0.2, -0.15) is 0 Å². The number of rotatable bonds is 6. The molecular formula is C48H32N4. The summed E-state index contributed by atoms with van der Waals surface area (Å²) in [6.45, 7) is 0. The first-order valence-corrected chi connectivity index (χ1v) is 17.6. The summed E-state index contributed by atoms with van der Waals surface area (Å²) in [5.41, 5.74) is 10.5. The predicted octanol–water partition coefficient (Wildman–Crippen LogP) is 12.7. The van der Waals surface area contributed by atoms with Crippen LogP contribution in [0.5, 0.6) is 0 Å². The van der Waals surface area contributed by atoms with Crippen LogP contribution in [0, 0.1) is 0 Å². The number of hydrogen-bond donors (Lipinski definition) is 0. The average molecular weight is 665 g/mol. The van der Waals surface area contributed by atoms with Crippen molar-refractivity contribution in [2.45, 2.75) is 0 Å². The zero-order chi connectivity index (χ0) is 34.4. The van der Waals surface area contributed by atoms with Gasteiger partial charge in [0, 0.05) is 50.0 Å². The Bertz CT molecular complexity index is 2840. The topological polar surface area (TPSA) is 34.0 Å². The molecule has 2 aromatic heterocycles. The number of anilines is 3. The van der Waals surface area contributed by atoms with Gasteiger partial charge in [0.2, 0.25) is 0 Å². The lowest BCUT2D eigenvalue weighted by Gasteiger charge is -2.26. The highest BCUT2D eigenvalue weighted by atomic mass is 15.1. The molecule has 0 bridgehead atoms. The Labute approximate surface area is 301 Å². The van der Waals surface area contributed by atoms with Crippen molar-refractivity contribution in [2.24, 2.45) is 0 Å². The highest BCUT2D eigenvalue weighted by Crippen LogP contribution is 2.41. The molecular weight excluding hydrogens is 633 g/mol. The fourth-order valence-corrected chi connectivity index (χ4v) is 7.58. The fraction of sp³-hybridized carbons (Fsp3) is 0. The molecule has 52 heavy (non-hydrogen) atoms. The van der Waals surface area contributed by atoms with E-state index in [0.29, 0.717) is 0 Å². The first kappa shape index (κ1) is 29.8. The van der Waals surface area contributed by atoms with Crippen LogP contribution in [0.15, 0.2) is 194 Å². The number of benzene rings is 8. The minimum atomic E-state index is 0.922. The quantitative estimate of drug-likeness (QED) is 0.166. The van der Waals surface area contributed by atoms with Crippen LogP contribution in [-0.4, -0.2) is 14.5 Å². The molecule has 10 aromatic rings. The summed E-state index contributed by atoms with van der Waals surface area (Å²) in [5, 5.41) is 5.79. The molecule has 0 unspecified atom stereocenters. The SMILES string of the molecule is c1ccc(-c2nc3cc(N(c4ccccc4)c4ccccc4)ccc3c3c2ccc2cc(-c4nc5ccccc5n4-c4ccccc4)ccc23)cc1. The van der Waals surface area contributed by atoms with Crippen LogP contribution in [0.3, 0.4) is 0 Å². The number of imidazole rings is 1. The van der Waals surface area contributed by atoms with Gasteiger partial charge in [0.1, 0.15) is 5.82 Å². The van der Waals surface area contributed by atoms with E-state index >= 15 is 0 Å². The lowest BCUT2D eigenvalue weighted by Crippen LogP contribution is -2.09. The molecule has 0 atom stereocenters. The zero-order valence-electron chi connectivity index (χ0n) is 28.3. The Hall–Kier alpha value is -7.04. The normalized spacial score (nSPS) is 11.5. The van der Waals surface area contributed by atoms with Gasteiger partial charge >= 0.3 is 0 Å². The summed E-state index contributed by atoms with van der Waals surface area (Å²) in [4.78, 5) is 12.9. The van der Waals surface area contributed by atoms with Crippen LogP contribution in [0.1, 0.15) is 0 Å². The van der Waals surface area contributed by atoms with Crippen molar-refractivity contribution < 1.29 is 0 Å². The van der Waals surface area contributed by atoms with Crippen molar-refractivity contribution in [1.29, 1.82) is 0 Å². The Morgan fingerprint density at radius 1 is 0.404 bits per heavy atom. The maximum absolute atomic E-state index is 5.41. The van der Waals surface area contributed by atoms with Gasteiger partial charge in [-0.3, -0.25) is 4.57 Å². The average Bonchev–Trinajstić information content (AvgIpc) is 3.61. The molecule has 0 fully saturated rings. The van der Waals surface area contributed by atoms with E-state index in [2.05, 4.69) is 204 Å². The molecule has 2 heterocycles. The van der Waals surface area contributed by atoms with Gasteiger partial charge in [0.25, 0.3) is 0 Å². The van der Waals surface area contributed by atoms with E-state index in [-0.39, 0.29) is 0 Å². The van der Waals surface area contributed by atoms with E-state index in [1.807, 2.05) is 0 Å². The second-order valence-corrected chi connectivity index (χ2v) is 13.1. The molecule has 0 aliphatic heterocycles. The Morgan fingerprint density at radius 2 is 1.02 bits per heavy atom. The molecule has 0 spiro atoms. The first-order chi connectivity index (χ1) is 25.8. The number of aromatic nitrogens is 3. The van der Waals surface area contributed by atoms with Crippen molar-refractivity contribution in [2.75, 3.05) is 4.90 Å². The minimum Gasteiger partial charge on any atom is -0.310 e. The van der Waals surface area contributed by atoms with Crippen molar-refractivity contribution in [1.82, 2.24) is 14.5 Å². The van der Waals surface area contributed by atoms with Crippen LogP contribution >= 0.6 is 0 Å². The molecule has 0 radical (unpaired) electrons. The number of nitrogens with zero attached hydrogens (tertiary/aromatic N) is 4. The van der Waals surface area contributed by atoms with E-state index in [1.54, 1.807) is 0 Å². The second kappa shape index (κ2) is 12.4. The van der Waals surface area contributed by atoms with Crippen LogP contribution in [0.4, 0.5) is 17.1 Å². The fourth-order valence-electron chi connectivity index (χ4n) is 7.58. The monoisotopic (exact) mass is 664 g/mol. The van der Waals surface area contributed by atoms with E-state index in [0.717, 1.165) is 78.1 Å². The Morgan fingerprint density at radius 3 is 1.75 bits per heavy atom. The molecule has 4 nitrogen and oxygen atoms in total. The van der Waals surface area contributed by atoms with Gasteiger partial charge < -0.3 is 4.90 Å². The molecule has 8 aromatic carbocycles. The van der Waals surface area contributed by atoms with E-state index in [1.165, 1.54) is 10.8 Å². The van der Waals surface area contributed by atoms with Crippen LogP contribution in [-0.2, 0) is 0 Å². The first-order valence-electron chi connectivity index (χ1n) is 17.6. The van der Waals surface area contributed by atoms with E-state index in [9.17, 15) is 0 Å². The summed E-state index contributed by atoms with van der Waals surface area (Å²) < 4.78 is 2.26. The maximum Gasteiger partial charge on any atom is 0.145 e. The molecule has 0 aliphatic rings. The summed E-state index contributed by atoms with van der Waals surface area (Å²) in [6.07, 6.45) is 0. The maximum atomic E-state index is 5.41. The van der Waals surface area contributed by atoms with Crippen molar-refractivity contribution >= 4 is 60.5 Å². The summed E-state index contributed by atoms with van der Waals surface area (Å²) in [6, 6.07) is 68.4. The summed E-state index contributed by atoms with van der Waals surface area (Å²) >= 11 is 0. The second-order valence-electron chi connectivity index (χ2n) is 13.1. The third-order valence-corrected chi connectivity index (χ3v) is 9.93. The standard InChI is InChI=1S/C48H32N4/c1-5-15-33(16-6-1)47-42-29-25-34-31-35(48-50-43-23-13-14-24-45(43)52(48)38-21-11-4-12-22-38)26-28-40(34)46(42)41-30-27-39(32-44(41)49-47)51(36-17-7-2-8-18-36)37-19-9-3-10-20-37/h1-32H. The highest BCUT2D eigenvalue weighted by Gasteiger charge is 2.19. The third-order valence-electron chi connectivity index (χ3n) is 9.93.